The SMILES string of the molecule is CCOC(=O)c1cccc(NC(=O)Cn2c(=O)n(CCc3ccccc3)c(=O)c3nccnc32)c1. The van der Waals surface area contributed by atoms with Crippen LogP contribution in [-0.4, -0.2) is 37.6 Å². The van der Waals surface area contributed by atoms with Crippen molar-refractivity contribution in [3.8, 4) is 0 Å². The van der Waals surface area contributed by atoms with E-state index in [-0.39, 0.29) is 29.9 Å². The van der Waals surface area contributed by atoms with Crippen molar-refractivity contribution in [2.24, 2.45) is 0 Å². The molecule has 0 aliphatic heterocycles. The molecule has 4 aromatic rings. The van der Waals surface area contributed by atoms with Crippen LogP contribution in [0.3, 0.4) is 0 Å². The van der Waals surface area contributed by atoms with Gasteiger partial charge >= 0.3 is 11.7 Å². The summed E-state index contributed by atoms with van der Waals surface area (Å²) in [4.78, 5) is 59.2. The average molecular weight is 473 g/mol. The lowest BCUT2D eigenvalue weighted by Crippen LogP contribution is -2.42. The Morgan fingerprint density at radius 3 is 2.51 bits per heavy atom. The lowest BCUT2D eigenvalue weighted by atomic mass is 10.1. The number of ether oxygens (including phenoxy) is 1. The molecule has 1 N–H and O–H groups in total. The standard InChI is InChI=1S/C25H23N5O5/c1-2-35-24(33)18-9-6-10-19(15-18)28-20(31)16-30-22-21(26-12-13-27-22)23(32)29(25(30)34)14-11-17-7-4-3-5-8-17/h3-10,12-13,15H,2,11,14,16H2,1H3,(H,28,31). The summed E-state index contributed by atoms with van der Waals surface area (Å²) in [6.07, 6.45) is 3.17. The maximum Gasteiger partial charge on any atom is 0.338 e. The highest BCUT2D eigenvalue weighted by atomic mass is 16.5. The zero-order valence-electron chi connectivity index (χ0n) is 19.0. The minimum atomic E-state index is -0.658. The molecule has 1 amide bonds. The first-order valence-electron chi connectivity index (χ1n) is 11.0. The van der Waals surface area contributed by atoms with E-state index in [1.54, 1.807) is 25.1 Å². The average Bonchev–Trinajstić information content (AvgIpc) is 2.87. The number of hydrogen-bond acceptors (Lipinski definition) is 7. The van der Waals surface area contributed by atoms with Gasteiger partial charge in [0.1, 0.15) is 6.54 Å². The van der Waals surface area contributed by atoms with Gasteiger partial charge in [0.15, 0.2) is 11.2 Å². The summed E-state index contributed by atoms with van der Waals surface area (Å²) in [5, 5.41) is 2.67. The fraction of sp³-hybridized carbons (Fsp3) is 0.200. The van der Waals surface area contributed by atoms with E-state index in [9.17, 15) is 19.2 Å². The Kier molecular flexibility index (Phi) is 7.10. The predicted octanol–water partition coefficient (Wildman–Crippen LogP) is 2.01. The normalized spacial score (nSPS) is 10.8. The summed E-state index contributed by atoms with van der Waals surface area (Å²) in [6, 6.07) is 15.7. The number of rotatable bonds is 8. The van der Waals surface area contributed by atoms with Crippen LogP contribution >= 0.6 is 0 Å². The Balaban J connectivity index is 1.63. The lowest BCUT2D eigenvalue weighted by molar-refractivity contribution is -0.116. The summed E-state index contributed by atoms with van der Waals surface area (Å²) in [6.45, 7) is 1.65. The zero-order valence-corrected chi connectivity index (χ0v) is 19.0. The largest absolute Gasteiger partial charge is 0.462 e. The highest BCUT2D eigenvalue weighted by Crippen LogP contribution is 2.12. The van der Waals surface area contributed by atoms with Crippen molar-refractivity contribution in [1.82, 2.24) is 19.1 Å². The number of carbonyl (C=O) groups is 2. The number of fused-ring (bicyclic) bond motifs is 1. The molecule has 0 bridgehead atoms. The van der Waals surface area contributed by atoms with E-state index >= 15 is 0 Å². The van der Waals surface area contributed by atoms with Gasteiger partial charge in [-0.3, -0.25) is 18.7 Å². The Bertz CT molecular complexity index is 1490. The number of aryl methyl sites for hydroxylation is 1. The Hall–Kier alpha value is -4.60. The second-order valence-electron chi connectivity index (χ2n) is 7.64. The van der Waals surface area contributed by atoms with E-state index in [4.69, 9.17) is 4.74 Å². The quantitative estimate of drug-likeness (QED) is 0.388. The van der Waals surface area contributed by atoms with Gasteiger partial charge in [-0.15, -0.1) is 0 Å². The van der Waals surface area contributed by atoms with Gasteiger partial charge in [-0.1, -0.05) is 36.4 Å². The Morgan fingerprint density at radius 1 is 0.971 bits per heavy atom. The second-order valence-corrected chi connectivity index (χ2v) is 7.64. The molecule has 35 heavy (non-hydrogen) atoms. The maximum atomic E-state index is 13.2. The van der Waals surface area contributed by atoms with E-state index in [2.05, 4.69) is 15.3 Å². The number of esters is 1. The third-order valence-corrected chi connectivity index (χ3v) is 5.27. The van der Waals surface area contributed by atoms with Crippen LogP contribution in [0.15, 0.2) is 76.6 Å². The molecule has 10 heteroatoms. The summed E-state index contributed by atoms with van der Waals surface area (Å²) >= 11 is 0. The van der Waals surface area contributed by atoms with Gasteiger partial charge in [0.05, 0.1) is 12.2 Å². The molecule has 0 aliphatic rings. The van der Waals surface area contributed by atoms with Gasteiger partial charge in [0.2, 0.25) is 5.91 Å². The fourth-order valence-electron chi connectivity index (χ4n) is 3.64. The van der Waals surface area contributed by atoms with Gasteiger partial charge in [-0.25, -0.2) is 19.6 Å². The van der Waals surface area contributed by atoms with Crippen LogP contribution in [0.1, 0.15) is 22.8 Å². The van der Waals surface area contributed by atoms with E-state index in [0.29, 0.717) is 12.1 Å². The first kappa shape index (κ1) is 23.6. The summed E-state index contributed by atoms with van der Waals surface area (Å²) in [5.41, 5.74) is 0.408. The van der Waals surface area contributed by atoms with Crippen LogP contribution < -0.4 is 16.6 Å². The molecule has 4 rings (SSSR count). The highest BCUT2D eigenvalue weighted by molar-refractivity contribution is 5.94. The van der Waals surface area contributed by atoms with Crippen molar-refractivity contribution < 1.29 is 14.3 Å². The molecule has 0 saturated heterocycles. The molecule has 0 spiro atoms. The fourth-order valence-corrected chi connectivity index (χ4v) is 3.64. The van der Waals surface area contributed by atoms with Crippen molar-refractivity contribution in [3.63, 3.8) is 0 Å². The Morgan fingerprint density at radius 2 is 1.74 bits per heavy atom. The van der Waals surface area contributed by atoms with Crippen molar-refractivity contribution >= 4 is 28.7 Å². The number of aromatic nitrogens is 4. The minimum absolute atomic E-state index is 0.00253. The number of anilines is 1. The number of amides is 1. The van der Waals surface area contributed by atoms with Crippen LogP contribution in [0, 0.1) is 0 Å². The van der Waals surface area contributed by atoms with Crippen molar-refractivity contribution in [2.75, 3.05) is 11.9 Å². The first-order chi connectivity index (χ1) is 17.0. The third-order valence-electron chi connectivity index (χ3n) is 5.27. The van der Waals surface area contributed by atoms with Crippen molar-refractivity contribution in [1.29, 1.82) is 0 Å². The molecule has 0 atom stereocenters. The van der Waals surface area contributed by atoms with E-state index in [0.717, 1.165) is 14.7 Å². The molecule has 10 nitrogen and oxygen atoms in total. The van der Waals surface area contributed by atoms with E-state index < -0.39 is 29.7 Å². The van der Waals surface area contributed by atoms with Crippen LogP contribution in [0.4, 0.5) is 5.69 Å². The number of carbonyl (C=O) groups excluding carboxylic acids is 2. The van der Waals surface area contributed by atoms with Gasteiger partial charge in [-0.2, -0.15) is 0 Å². The number of nitrogens with zero attached hydrogens (tertiary/aromatic N) is 4. The summed E-state index contributed by atoms with van der Waals surface area (Å²) in [5.74, 6) is -1.04. The molecular formula is C25H23N5O5. The zero-order chi connectivity index (χ0) is 24.8. The van der Waals surface area contributed by atoms with Gasteiger partial charge in [0, 0.05) is 24.6 Å². The smallest absolute Gasteiger partial charge is 0.338 e. The van der Waals surface area contributed by atoms with Gasteiger partial charge in [-0.05, 0) is 37.1 Å². The molecule has 178 valence electrons. The van der Waals surface area contributed by atoms with Crippen LogP contribution in [0.2, 0.25) is 0 Å². The molecular weight excluding hydrogens is 450 g/mol. The number of benzene rings is 2. The van der Waals surface area contributed by atoms with Crippen LogP contribution in [0.25, 0.3) is 11.2 Å². The van der Waals surface area contributed by atoms with Crippen LogP contribution in [-0.2, 0) is 29.0 Å². The molecule has 0 unspecified atom stereocenters. The maximum absolute atomic E-state index is 13.2. The molecule has 0 aliphatic carbocycles. The van der Waals surface area contributed by atoms with E-state index in [1.807, 2.05) is 30.3 Å². The molecule has 2 heterocycles. The monoisotopic (exact) mass is 473 g/mol. The van der Waals surface area contributed by atoms with Gasteiger partial charge < -0.3 is 10.1 Å². The van der Waals surface area contributed by atoms with Crippen LogP contribution in [0.5, 0.6) is 0 Å². The lowest BCUT2D eigenvalue weighted by Gasteiger charge is -2.13. The van der Waals surface area contributed by atoms with Crippen molar-refractivity contribution in [3.05, 3.63) is 99.0 Å². The third kappa shape index (κ3) is 5.32. The predicted molar refractivity (Wildman–Crippen MR) is 129 cm³/mol. The molecule has 0 saturated carbocycles. The summed E-state index contributed by atoms with van der Waals surface area (Å²) < 4.78 is 7.17. The Labute approximate surface area is 199 Å². The van der Waals surface area contributed by atoms with Gasteiger partial charge in [0.25, 0.3) is 5.56 Å². The topological polar surface area (TPSA) is 125 Å². The molecule has 2 aromatic carbocycles. The molecule has 2 aromatic heterocycles. The minimum Gasteiger partial charge on any atom is -0.462 e. The number of nitrogens with one attached hydrogen (secondary N) is 1. The first-order valence-corrected chi connectivity index (χ1v) is 11.0. The second kappa shape index (κ2) is 10.6. The molecule has 0 fully saturated rings. The van der Waals surface area contributed by atoms with E-state index in [1.165, 1.54) is 18.5 Å². The highest BCUT2D eigenvalue weighted by Gasteiger charge is 2.18. The number of hydrogen-bond donors (Lipinski definition) is 1. The van der Waals surface area contributed by atoms with Crippen molar-refractivity contribution in [2.45, 2.75) is 26.4 Å². The summed E-state index contributed by atoms with van der Waals surface area (Å²) in [7, 11) is 0. The molecule has 0 radical (unpaired) electrons.